The second-order valence-corrected chi connectivity index (χ2v) is 8.14. The van der Waals surface area contributed by atoms with Crippen LogP contribution in [0, 0.1) is 0 Å². The Balaban J connectivity index is 1.50. The Morgan fingerprint density at radius 1 is 1.11 bits per heavy atom. The number of carbonyl (C=O) groups excluding carboxylic acids is 2. The Morgan fingerprint density at radius 2 is 1.92 bits per heavy atom. The number of ether oxygens (including phenoxy) is 1. The van der Waals surface area contributed by atoms with Crippen LogP contribution in [0.5, 0.6) is 5.88 Å². The first-order chi connectivity index (χ1) is 17.4. The highest BCUT2D eigenvalue weighted by Crippen LogP contribution is 2.21. The zero-order valence-electron chi connectivity index (χ0n) is 20.2. The molecule has 2 heterocycles. The van der Waals surface area contributed by atoms with Crippen LogP contribution in [0.25, 0.3) is 10.9 Å². The Morgan fingerprint density at radius 3 is 2.64 bits per heavy atom. The molecular formula is C26H26N7O3+. The molecule has 36 heavy (non-hydrogen) atoms. The monoisotopic (exact) mass is 484 g/mol. The Hall–Kier alpha value is -4.73. The summed E-state index contributed by atoms with van der Waals surface area (Å²) in [5, 5.41) is 3.65. The van der Waals surface area contributed by atoms with Crippen molar-refractivity contribution in [2.75, 3.05) is 19.5 Å². The molecule has 1 atom stereocenters. The van der Waals surface area contributed by atoms with Crippen molar-refractivity contribution >= 4 is 34.6 Å². The summed E-state index contributed by atoms with van der Waals surface area (Å²) in [7, 11) is 3.46. The van der Waals surface area contributed by atoms with E-state index in [1.165, 1.54) is 25.8 Å². The second kappa shape index (κ2) is 10.7. The predicted octanol–water partition coefficient (Wildman–Crippen LogP) is 2.80. The Labute approximate surface area is 207 Å². The summed E-state index contributed by atoms with van der Waals surface area (Å²) in [5.41, 5.74) is 9.05. The largest absolute Gasteiger partial charge is 0.480 e. The van der Waals surface area contributed by atoms with Crippen LogP contribution in [0.1, 0.15) is 45.1 Å². The number of primary amides is 1. The molecule has 3 N–H and O–H groups in total. The lowest BCUT2D eigenvalue weighted by Gasteiger charge is -2.11. The first kappa shape index (κ1) is 24.4. The summed E-state index contributed by atoms with van der Waals surface area (Å²) in [4.78, 5) is 41.0. The highest BCUT2D eigenvalue weighted by molar-refractivity contribution is 6.05. The van der Waals surface area contributed by atoms with E-state index in [-0.39, 0.29) is 17.6 Å². The van der Waals surface area contributed by atoms with Crippen molar-refractivity contribution in [2.24, 2.45) is 5.73 Å². The van der Waals surface area contributed by atoms with Gasteiger partial charge in [0.25, 0.3) is 11.8 Å². The number of nitrogens with one attached hydrogen (secondary N) is 1. The van der Waals surface area contributed by atoms with Gasteiger partial charge in [0.2, 0.25) is 5.88 Å². The first-order valence-corrected chi connectivity index (χ1v) is 11.2. The van der Waals surface area contributed by atoms with Crippen LogP contribution in [0.15, 0.2) is 61.2 Å². The molecular weight excluding hydrogens is 458 g/mol. The summed E-state index contributed by atoms with van der Waals surface area (Å²) in [6.07, 6.45) is 6.78. The second-order valence-electron chi connectivity index (χ2n) is 8.14. The number of benzene rings is 2. The van der Waals surface area contributed by atoms with Crippen molar-refractivity contribution in [2.45, 2.75) is 19.4 Å². The van der Waals surface area contributed by atoms with Gasteiger partial charge in [-0.1, -0.05) is 24.3 Å². The van der Waals surface area contributed by atoms with Crippen LogP contribution in [0.3, 0.4) is 0 Å². The predicted molar refractivity (Wildman–Crippen MR) is 135 cm³/mol. The van der Waals surface area contributed by atoms with E-state index in [9.17, 15) is 9.59 Å². The number of amides is 2. The van der Waals surface area contributed by atoms with E-state index in [4.69, 9.17) is 10.5 Å². The highest BCUT2D eigenvalue weighted by Gasteiger charge is 2.17. The molecule has 10 nitrogen and oxygen atoms in total. The van der Waals surface area contributed by atoms with E-state index in [0.29, 0.717) is 29.1 Å². The molecule has 2 aromatic heterocycles. The number of fused-ring (bicyclic) bond motifs is 1. The van der Waals surface area contributed by atoms with E-state index in [1.807, 2.05) is 43.6 Å². The van der Waals surface area contributed by atoms with Gasteiger partial charge in [0.15, 0.2) is 6.04 Å². The smallest absolute Gasteiger partial charge is 0.275 e. The number of para-hydroxylation sites is 1. The molecule has 0 radical (unpaired) electrons. The van der Waals surface area contributed by atoms with Gasteiger partial charge in [-0.25, -0.2) is 24.5 Å². The fourth-order valence-electron chi connectivity index (χ4n) is 3.74. The molecule has 2 amide bonds. The summed E-state index contributed by atoms with van der Waals surface area (Å²) >= 11 is 0. The number of anilines is 1. The summed E-state index contributed by atoms with van der Waals surface area (Å²) < 4.78 is 7.05. The van der Waals surface area contributed by atoms with Gasteiger partial charge in [0.05, 0.1) is 42.7 Å². The zero-order chi connectivity index (χ0) is 25.7. The van der Waals surface area contributed by atoms with Gasteiger partial charge >= 0.3 is 0 Å². The fraction of sp³-hybridized carbons (Fsp3) is 0.192. The van der Waals surface area contributed by atoms with Crippen LogP contribution in [-0.4, -0.2) is 56.7 Å². The van der Waals surface area contributed by atoms with Crippen LogP contribution < -0.4 is 15.8 Å². The van der Waals surface area contributed by atoms with Crippen LogP contribution in [-0.2, 0) is 6.42 Å². The van der Waals surface area contributed by atoms with E-state index < -0.39 is 5.91 Å². The average molecular weight is 485 g/mol. The molecule has 0 bridgehead atoms. The quantitative estimate of drug-likeness (QED) is 0.290. The van der Waals surface area contributed by atoms with E-state index in [2.05, 4.69) is 36.8 Å². The molecule has 4 rings (SSSR count). The molecule has 4 aromatic rings. The lowest BCUT2D eigenvalue weighted by atomic mass is 10.1. The third kappa shape index (κ3) is 5.33. The molecule has 0 fully saturated rings. The number of rotatable bonds is 8. The molecule has 0 aliphatic carbocycles. The van der Waals surface area contributed by atoms with E-state index in [1.54, 1.807) is 12.1 Å². The fourth-order valence-corrected chi connectivity index (χ4v) is 3.74. The van der Waals surface area contributed by atoms with Gasteiger partial charge in [-0.15, -0.1) is 0 Å². The molecule has 0 saturated carbocycles. The Bertz CT molecular complexity index is 1450. The van der Waals surface area contributed by atoms with Gasteiger partial charge in [0.1, 0.15) is 25.3 Å². The van der Waals surface area contributed by atoms with E-state index in [0.717, 1.165) is 16.6 Å². The topological polar surface area (TPSA) is 136 Å². The van der Waals surface area contributed by atoms with Gasteiger partial charge < -0.3 is 15.8 Å². The van der Waals surface area contributed by atoms with Crippen LogP contribution >= 0.6 is 0 Å². The number of carbonyl (C=O) groups is 2. The van der Waals surface area contributed by atoms with E-state index >= 15 is 0 Å². The number of nitrogens with two attached hydrogens (primary N) is 1. The third-order valence-corrected chi connectivity index (χ3v) is 5.89. The van der Waals surface area contributed by atoms with Crippen molar-refractivity contribution in [3.05, 3.63) is 83.7 Å². The number of hydrogen-bond acceptors (Lipinski definition) is 7. The molecule has 0 saturated heterocycles. The minimum Gasteiger partial charge on any atom is -0.480 e. The van der Waals surface area contributed by atoms with Gasteiger partial charge in [0, 0.05) is 23.6 Å². The van der Waals surface area contributed by atoms with Crippen LogP contribution in [0.4, 0.5) is 5.69 Å². The summed E-state index contributed by atoms with van der Waals surface area (Å²) in [6.45, 7) is 2.07. The number of aromatic nitrogens is 4. The Kier molecular flexibility index (Phi) is 7.24. The lowest BCUT2D eigenvalue weighted by Crippen LogP contribution is -2.16. The standard InChI is InChI=1S/C26H25N7O3/c1-16(17-6-4-7-18(12-17)32-26(35)22-13-29-23(36-3)14-28-22)33(2)11-10-21-19-8-5-9-20(25(27)34)24(19)31-15-30-21/h4-9,11-16H,10H2,1-3H3,(H2-,27,32,34,35)/p+1. The van der Waals surface area contributed by atoms with Gasteiger partial charge in [-0.3, -0.25) is 9.59 Å². The van der Waals surface area contributed by atoms with Crippen molar-refractivity contribution < 1.29 is 18.9 Å². The minimum atomic E-state index is -0.522. The average Bonchev–Trinajstić information content (AvgIpc) is 2.90. The first-order valence-electron chi connectivity index (χ1n) is 11.2. The number of nitrogens with zero attached hydrogens (tertiary/aromatic N) is 5. The molecule has 0 spiro atoms. The number of methoxy groups -OCH3 is 1. The third-order valence-electron chi connectivity index (χ3n) is 5.89. The minimum absolute atomic E-state index is 0.0110. The van der Waals surface area contributed by atoms with Gasteiger partial charge in [-0.2, -0.15) is 0 Å². The maximum absolute atomic E-state index is 12.5. The van der Waals surface area contributed by atoms with Gasteiger partial charge in [-0.05, 0) is 18.2 Å². The summed E-state index contributed by atoms with van der Waals surface area (Å²) in [5.74, 6) is -0.545. The molecule has 182 valence electrons. The van der Waals surface area contributed by atoms with Crippen molar-refractivity contribution in [3.63, 3.8) is 0 Å². The molecule has 10 heteroatoms. The SMILES string of the molecule is COc1cnc(C(=O)Nc2cccc(C(C)[N+](C)=CCc3ncnc4c(C(N)=O)cccc34)c2)cn1. The van der Waals surface area contributed by atoms with Crippen molar-refractivity contribution in [1.82, 2.24) is 19.9 Å². The lowest BCUT2D eigenvalue weighted by molar-refractivity contribution is -0.536. The van der Waals surface area contributed by atoms with Crippen molar-refractivity contribution in [3.8, 4) is 5.88 Å². The highest BCUT2D eigenvalue weighted by atomic mass is 16.5. The summed E-state index contributed by atoms with van der Waals surface area (Å²) in [6, 6.07) is 13.0. The molecule has 2 aromatic carbocycles. The molecule has 0 aliphatic rings. The molecule has 0 aliphatic heterocycles. The maximum Gasteiger partial charge on any atom is 0.275 e. The molecule has 1 unspecified atom stereocenters. The normalized spacial score (nSPS) is 12.2. The van der Waals surface area contributed by atoms with Crippen molar-refractivity contribution in [1.29, 1.82) is 0 Å². The maximum atomic E-state index is 12.5. The number of hydrogen-bond donors (Lipinski definition) is 2. The zero-order valence-corrected chi connectivity index (χ0v) is 20.2. The van der Waals surface area contributed by atoms with Crippen LogP contribution in [0.2, 0.25) is 0 Å².